The van der Waals surface area contributed by atoms with Crippen molar-refractivity contribution in [2.75, 3.05) is 5.32 Å². The Kier molecular flexibility index (Phi) is 6.06. The number of hydrogen-bond donors (Lipinski definition) is 2. The highest BCUT2D eigenvalue weighted by atomic mass is 16.4. The van der Waals surface area contributed by atoms with Gasteiger partial charge in [0.25, 0.3) is 5.91 Å². The molecule has 0 saturated carbocycles. The van der Waals surface area contributed by atoms with Gasteiger partial charge < -0.3 is 30.4 Å². The quantitative estimate of drug-likeness (QED) is 0.598. The van der Waals surface area contributed by atoms with Crippen LogP contribution in [0.5, 0.6) is 0 Å². The molecule has 0 aliphatic heterocycles. The van der Waals surface area contributed by atoms with Crippen LogP contribution in [0, 0.1) is 0 Å². The SMILES string of the molecule is CC(=O)Nc1ccc(C(=O)NC(CCC(=O)[O-])C(=O)[O-])cc1. The van der Waals surface area contributed by atoms with Crippen molar-refractivity contribution in [3.05, 3.63) is 29.8 Å². The van der Waals surface area contributed by atoms with E-state index in [0.717, 1.165) is 0 Å². The predicted molar refractivity (Wildman–Crippen MR) is 71.2 cm³/mol. The van der Waals surface area contributed by atoms with Gasteiger partial charge in [-0.15, -0.1) is 0 Å². The fourth-order valence-electron chi connectivity index (χ4n) is 1.66. The zero-order valence-corrected chi connectivity index (χ0v) is 11.8. The highest BCUT2D eigenvalue weighted by Crippen LogP contribution is 2.10. The molecule has 0 bridgehead atoms. The minimum Gasteiger partial charge on any atom is -0.550 e. The molecule has 8 nitrogen and oxygen atoms in total. The summed E-state index contributed by atoms with van der Waals surface area (Å²) >= 11 is 0. The van der Waals surface area contributed by atoms with Gasteiger partial charge in [0, 0.05) is 24.1 Å². The van der Waals surface area contributed by atoms with E-state index in [1.165, 1.54) is 31.2 Å². The van der Waals surface area contributed by atoms with Crippen LogP contribution in [0.3, 0.4) is 0 Å². The number of rotatable bonds is 7. The molecule has 0 aliphatic carbocycles. The van der Waals surface area contributed by atoms with E-state index in [0.29, 0.717) is 5.69 Å². The van der Waals surface area contributed by atoms with Gasteiger partial charge in [-0.05, 0) is 37.1 Å². The van der Waals surface area contributed by atoms with Crippen LogP contribution in [0.1, 0.15) is 30.1 Å². The molecule has 0 radical (unpaired) electrons. The molecule has 118 valence electrons. The fraction of sp³-hybridized carbons (Fsp3) is 0.286. The van der Waals surface area contributed by atoms with Crippen molar-refractivity contribution >= 4 is 29.4 Å². The van der Waals surface area contributed by atoms with Crippen LogP contribution in [-0.4, -0.2) is 29.8 Å². The van der Waals surface area contributed by atoms with E-state index in [4.69, 9.17) is 0 Å². The molecule has 22 heavy (non-hydrogen) atoms. The molecule has 0 heterocycles. The molecule has 1 aromatic carbocycles. The monoisotopic (exact) mass is 306 g/mol. The van der Waals surface area contributed by atoms with Crippen LogP contribution in [0.4, 0.5) is 5.69 Å². The lowest BCUT2D eigenvalue weighted by Gasteiger charge is -2.20. The Balaban J connectivity index is 2.71. The lowest BCUT2D eigenvalue weighted by atomic mass is 10.1. The van der Waals surface area contributed by atoms with Crippen molar-refractivity contribution in [1.29, 1.82) is 0 Å². The summed E-state index contributed by atoms with van der Waals surface area (Å²) in [6, 6.07) is 4.31. The van der Waals surface area contributed by atoms with Crippen molar-refractivity contribution in [2.24, 2.45) is 0 Å². The first-order chi connectivity index (χ1) is 10.3. The maximum absolute atomic E-state index is 11.9. The molecule has 2 amide bonds. The fourth-order valence-corrected chi connectivity index (χ4v) is 1.66. The predicted octanol–water partition coefficient (Wildman–Crippen LogP) is -1.98. The number of benzene rings is 1. The summed E-state index contributed by atoms with van der Waals surface area (Å²) in [7, 11) is 0. The van der Waals surface area contributed by atoms with Crippen molar-refractivity contribution in [2.45, 2.75) is 25.8 Å². The number of nitrogens with one attached hydrogen (secondary N) is 2. The van der Waals surface area contributed by atoms with Gasteiger partial charge in [-0.2, -0.15) is 0 Å². The highest BCUT2D eigenvalue weighted by Gasteiger charge is 2.15. The van der Waals surface area contributed by atoms with Gasteiger partial charge in [0.15, 0.2) is 0 Å². The Labute approximate surface area is 126 Å². The lowest BCUT2D eigenvalue weighted by Crippen LogP contribution is -2.48. The van der Waals surface area contributed by atoms with Gasteiger partial charge in [-0.3, -0.25) is 9.59 Å². The third-order valence-electron chi connectivity index (χ3n) is 2.69. The molecule has 0 aromatic heterocycles. The normalized spacial score (nSPS) is 11.3. The molecule has 8 heteroatoms. The molecular weight excluding hydrogens is 292 g/mol. The molecule has 0 fully saturated rings. The van der Waals surface area contributed by atoms with Gasteiger partial charge in [-0.1, -0.05) is 0 Å². The van der Waals surface area contributed by atoms with Crippen LogP contribution < -0.4 is 20.8 Å². The van der Waals surface area contributed by atoms with E-state index in [-0.39, 0.29) is 17.9 Å². The summed E-state index contributed by atoms with van der Waals surface area (Å²) in [6.07, 6.45) is -0.846. The second-order valence-corrected chi connectivity index (χ2v) is 4.51. The molecule has 2 N–H and O–H groups in total. The smallest absolute Gasteiger partial charge is 0.251 e. The number of carbonyl (C=O) groups is 4. The number of carboxylic acid groups (broad SMARTS) is 2. The van der Waals surface area contributed by atoms with Gasteiger partial charge in [0.1, 0.15) is 0 Å². The van der Waals surface area contributed by atoms with Crippen molar-refractivity contribution in [3.63, 3.8) is 0 Å². The topological polar surface area (TPSA) is 138 Å². The number of carboxylic acids is 2. The molecule has 1 unspecified atom stereocenters. The molecular formula is C14H14N2O6-2. The molecule has 0 spiro atoms. The number of carbonyl (C=O) groups excluding carboxylic acids is 4. The highest BCUT2D eigenvalue weighted by molar-refractivity contribution is 5.97. The van der Waals surface area contributed by atoms with Crippen molar-refractivity contribution in [1.82, 2.24) is 5.32 Å². The average Bonchev–Trinajstić information content (AvgIpc) is 2.42. The molecule has 1 rings (SSSR count). The number of hydrogen-bond acceptors (Lipinski definition) is 6. The van der Waals surface area contributed by atoms with E-state index in [1.807, 2.05) is 0 Å². The third-order valence-corrected chi connectivity index (χ3v) is 2.69. The van der Waals surface area contributed by atoms with Crippen molar-refractivity contribution < 1.29 is 29.4 Å². The van der Waals surface area contributed by atoms with Crippen LogP contribution in [-0.2, 0) is 14.4 Å². The summed E-state index contributed by atoms with van der Waals surface area (Å²) in [4.78, 5) is 44.0. The second kappa shape index (κ2) is 7.77. The minimum absolute atomic E-state index is 0.161. The van der Waals surface area contributed by atoms with Crippen LogP contribution in [0.15, 0.2) is 24.3 Å². The maximum atomic E-state index is 11.9. The second-order valence-electron chi connectivity index (χ2n) is 4.51. The van der Waals surface area contributed by atoms with Crippen LogP contribution >= 0.6 is 0 Å². The first kappa shape index (κ1) is 17.2. The summed E-state index contributed by atoms with van der Waals surface area (Å²) in [6.45, 7) is 1.34. The molecule has 0 saturated heterocycles. The first-order valence-electron chi connectivity index (χ1n) is 6.39. The van der Waals surface area contributed by atoms with E-state index in [1.54, 1.807) is 0 Å². The van der Waals surface area contributed by atoms with E-state index < -0.39 is 30.3 Å². The largest absolute Gasteiger partial charge is 0.550 e. The van der Waals surface area contributed by atoms with Gasteiger partial charge in [-0.25, -0.2) is 0 Å². The lowest BCUT2D eigenvalue weighted by molar-refractivity contribution is -0.309. The Bertz CT molecular complexity index is 582. The summed E-state index contributed by atoms with van der Waals surface area (Å²) < 4.78 is 0. The standard InChI is InChI=1S/C14H16N2O6/c1-8(17)15-10-4-2-9(3-5-10)13(20)16-11(14(21)22)6-7-12(18)19/h2-5,11H,6-7H2,1H3,(H,15,17)(H,16,20)(H,18,19)(H,21,22)/p-2. The third kappa shape index (κ3) is 5.61. The van der Waals surface area contributed by atoms with Crippen LogP contribution in [0.2, 0.25) is 0 Å². The number of anilines is 1. The summed E-state index contributed by atoms with van der Waals surface area (Å²) in [5.41, 5.74) is 0.645. The van der Waals surface area contributed by atoms with E-state index in [9.17, 15) is 29.4 Å². The summed E-state index contributed by atoms with van der Waals surface area (Å²) in [5.74, 6) is -3.96. The zero-order valence-electron chi connectivity index (χ0n) is 11.8. The zero-order chi connectivity index (χ0) is 16.7. The number of aliphatic carboxylic acids is 2. The minimum atomic E-state index is -1.58. The first-order valence-corrected chi connectivity index (χ1v) is 6.39. The molecule has 1 aromatic rings. The Morgan fingerprint density at radius 3 is 2.14 bits per heavy atom. The number of amides is 2. The van der Waals surface area contributed by atoms with Gasteiger partial charge >= 0.3 is 0 Å². The Morgan fingerprint density at radius 1 is 1.09 bits per heavy atom. The van der Waals surface area contributed by atoms with E-state index >= 15 is 0 Å². The van der Waals surface area contributed by atoms with Gasteiger partial charge in [0.2, 0.25) is 5.91 Å². The van der Waals surface area contributed by atoms with Crippen LogP contribution in [0.25, 0.3) is 0 Å². The molecule has 1 atom stereocenters. The summed E-state index contributed by atoms with van der Waals surface area (Å²) in [5, 5.41) is 25.9. The average molecular weight is 306 g/mol. The molecule has 0 aliphatic rings. The van der Waals surface area contributed by atoms with Gasteiger partial charge in [0.05, 0.1) is 12.0 Å². The van der Waals surface area contributed by atoms with Crippen molar-refractivity contribution in [3.8, 4) is 0 Å². The van der Waals surface area contributed by atoms with E-state index in [2.05, 4.69) is 10.6 Å². The maximum Gasteiger partial charge on any atom is 0.251 e. The Hall–Kier alpha value is -2.90. The Morgan fingerprint density at radius 2 is 1.68 bits per heavy atom.